The third-order valence-corrected chi connectivity index (χ3v) is 4.49. The lowest BCUT2D eigenvalue weighted by Gasteiger charge is -2.35. The van der Waals surface area contributed by atoms with Gasteiger partial charge >= 0.3 is 0 Å². The summed E-state index contributed by atoms with van der Waals surface area (Å²) in [5, 5.41) is 3.58. The van der Waals surface area contributed by atoms with E-state index in [2.05, 4.69) is 19.2 Å². The van der Waals surface area contributed by atoms with Crippen molar-refractivity contribution in [2.45, 2.75) is 46.1 Å². The van der Waals surface area contributed by atoms with Gasteiger partial charge < -0.3 is 11.1 Å². The van der Waals surface area contributed by atoms with E-state index in [0.29, 0.717) is 23.2 Å². The molecule has 0 bridgehead atoms. The van der Waals surface area contributed by atoms with Crippen LogP contribution in [0.15, 0.2) is 18.2 Å². The van der Waals surface area contributed by atoms with Crippen molar-refractivity contribution in [1.29, 1.82) is 0 Å². The Bertz CT molecular complexity index is 470. The van der Waals surface area contributed by atoms with E-state index in [9.17, 15) is 4.79 Å². The van der Waals surface area contributed by atoms with Crippen molar-refractivity contribution in [3.8, 4) is 0 Å². The highest BCUT2D eigenvalue weighted by Gasteiger charge is 2.26. The molecule has 19 heavy (non-hydrogen) atoms. The maximum absolute atomic E-state index is 11.4. The monoisotopic (exact) mass is 260 g/mol. The average molecular weight is 260 g/mol. The SMILES string of the molecule is CC(=O)c1ccc(NC2CCCC(C)C2C)cc1N. The molecule has 2 rings (SSSR count). The highest BCUT2D eigenvalue weighted by atomic mass is 16.1. The molecule has 0 saturated heterocycles. The summed E-state index contributed by atoms with van der Waals surface area (Å²) in [4.78, 5) is 11.4. The van der Waals surface area contributed by atoms with Crippen LogP contribution in [0.25, 0.3) is 0 Å². The molecule has 3 atom stereocenters. The minimum absolute atomic E-state index is 0.0173. The number of anilines is 2. The number of carbonyl (C=O) groups excluding carboxylic acids is 1. The lowest BCUT2D eigenvalue weighted by Crippen LogP contribution is -2.35. The largest absolute Gasteiger partial charge is 0.398 e. The number of rotatable bonds is 3. The van der Waals surface area contributed by atoms with E-state index in [4.69, 9.17) is 5.73 Å². The Morgan fingerprint density at radius 2 is 2.05 bits per heavy atom. The van der Waals surface area contributed by atoms with Crippen LogP contribution in [-0.4, -0.2) is 11.8 Å². The summed E-state index contributed by atoms with van der Waals surface area (Å²) in [5.74, 6) is 1.45. The highest BCUT2D eigenvalue weighted by molar-refractivity contribution is 5.99. The second-order valence-electron chi connectivity index (χ2n) is 5.88. The molecule has 3 heteroatoms. The predicted molar refractivity (Wildman–Crippen MR) is 80.4 cm³/mol. The first-order valence-corrected chi connectivity index (χ1v) is 7.16. The second kappa shape index (κ2) is 5.64. The van der Waals surface area contributed by atoms with E-state index in [1.807, 2.05) is 18.2 Å². The first-order chi connectivity index (χ1) is 8.99. The summed E-state index contributed by atoms with van der Waals surface area (Å²) < 4.78 is 0. The molecule has 1 aromatic carbocycles. The van der Waals surface area contributed by atoms with Gasteiger partial charge in [-0.05, 0) is 43.4 Å². The number of nitrogens with two attached hydrogens (primary N) is 1. The minimum Gasteiger partial charge on any atom is -0.398 e. The van der Waals surface area contributed by atoms with Gasteiger partial charge in [0.05, 0.1) is 0 Å². The van der Waals surface area contributed by atoms with Gasteiger partial charge in [-0.25, -0.2) is 0 Å². The molecule has 0 amide bonds. The van der Waals surface area contributed by atoms with Gasteiger partial charge in [-0.1, -0.05) is 26.7 Å². The molecular weight excluding hydrogens is 236 g/mol. The minimum atomic E-state index is 0.0173. The van der Waals surface area contributed by atoms with Gasteiger partial charge in [0.15, 0.2) is 5.78 Å². The van der Waals surface area contributed by atoms with Crippen LogP contribution in [0.5, 0.6) is 0 Å². The van der Waals surface area contributed by atoms with E-state index in [1.165, 1.54) is 19.3 Å². The molecule has 3 nitrogen and oxygen atoms in total. The maximum Gasteiger partial charge on any atom is 0.161 e. The Morgan fingerprint density at radius 3 is 2.68 bits per heavy atom. The summed E-state index contributed by atoms with van der Waals surface area (Å²) in [5.41, 5.74) is 8.12. The smallest absolute Gasteiger partial charge is 0.161 e. The van der Waals surface area contributed by atoms with Crippen molar-refractivity contribution in [3.05, 3.63) is 23.8 Å². The van der Waals surface area contributed by atoms with Crippen LogP contribution in [0.4, 0.5) is 11.4 Å². The van der Waals surface area contributed by atoms with Crippen LogP contribution in [0.1, 0.15) is 50.4 Å². The van der Waals surface area contributed by atoms with Crippen LogP contribution >= 0.6 is 0 Å². The van der Waals surface area contributed by atoms with E-state index < -0.39 is 0 Å². The van der Waals surface area contributed by atoms with Gasteiger partial charge in [0.2, 0.25) is 0 Å². The molecule has 1 aliphatic rings. The highest BCUT2D eigenvalue weighted by Crippen LogP contribution is 2.32. The molecule has 1 fully saturated rings. The van der Waals surface area contributed by atoms with Crippen molar-refractivity contribution in [2.75, 3.05) is 11.1 Å². The fraction of sp³-hybridized carbons (Fsp3) is 0.562. The van der Waals surface area contributed by atoms with E-state index in [0.717, 1.165) is 11.6 Å². The Kier molecular flexibility index (Phi) is 4.13. The van der Waals surface area contributed by atoms with Gasteiger partial charge in [-0.2, -0.15) is 0 Å². The number of nitrogens with one attached hydrogen (secondary N) is 1. The molecule has 0 heterocycles. The van der Waals surface area contributed by atoms with Crippen LogP contribution in [0.3, 0.4) is 0 Å². The van der Waals surface area contributed by atoms with Gasteiger partial charge in [0.1, 0.15) is 0 Å². The molecule has 1 aliphatic carbocycles. The van der Waals surface area contributed by atoms with Crippen LogP contribution in [0, 0.1) is 11.8 Å². The summed E-state index contributed by atoms with van der Waals surface area (Å²) in [7, 11) is 0. The molecule has 0 aromatic heterocycles. The average Bonchev–Trinajstić information content (AvgIpc) is 2.34. The number of hydrogen-bond donors (Lipinski definition) is 2. The quantitative estimate of drug-likeness (QED) is 0.643. The number of hydrogen-bond acceptors (Lipinski definition) is 3. The first kappa shape index (κ1) is 13.9. The predicted octanol–water partition coefficient (Wildman–Crippen LogP) is 3.71. The molecule has 0 spiro atoms. The molecular formula is C16H24N2O. The lowest BCUT2D eigenvalue weighted by molar-refractivity contribution is 0.101. The summed E-state index contributed by atoms with van der Waals surface area (Å²) >= 11 is 0. The molecule has 1 saturated carbocycles. The first-order valence-electron chi connectivity index (χ1n) is 7.16. The van der Waals surface area contributed by atoms with Gasteiger partial charge in [0, 0.05) is 23.0 Å². The number of ketones is 1. The standard InChI is InChI=1S/C16H24N2O/c1-10-5-4-6-16(11(10)2)18-13-7-8-14(12(3)19)15(17)9-13/h7-11,16,18H,4-6,17H2,1-3H3. The summed E-state index contributed by atoms with van der Waals surface area (Å²) in [6.45, 7) is 6.18. The fourth-order valence-corrected chi connectivity index (χ4v) is 2.97. The van der Waals surface area contributed by atoms with Crippen LogP contribution < -0.4 is 11.1 Å². The Balaban J connectivity index is 2.11. The van der Waals surface area contributed by atoms with E-state index >= 15 is 0 Å². The zero-order valence-corrected chi connectivity index (χ0v) is 12.1. The van der Waals surface area contributed by atoms with Crippen molar-refractivity contribution in [1.82, 2.24) is 0 Å². The number of benzene rings is 1. The van der Waals surface area contributed by atoms with Crippen LogP contribution in [0.2, 0.25) is 0 Å². The topological polar surface area (TPSA) is 55.1 Å². The second-order valence-corrected chi connectivity index (χ2v) is 5.88. The van der Waals surface area contributed by atoms with Gasteiger partial charge in [0.25, 0.3) is 0 Å². The zero-order chi connectivity index (χ0) is 14.0. The van der Waals surface area contributed by atoms with Crippen molar-refractivity contribution in [2.24, 2.45) is 11.8 Å². The number of carbonyl (C=O) groups is 1. The number of nitrogen functional groups attached to an aromatic ring is 1. The Morgan fingerprint density at radius 1 is 1.32 bits per heavy atom. The van der Waals surface area contributed by atoms with Crippen molar-refractivity contribution >= 4 is 17.2 Å². The van der Waals surface area contributed by atoms with E-state index in [1.54, 1.807) is 6.92 Å². The normalized spacial score (nSPS) is 27.0. The van der Waals surface area contributed by atoms with Gasteiger partial charge in [-0.15, -0.1) is 0 Å². The molecule has 3 N–H and O–H groups in total. The summed E-state index contributed by atoms with van der Waals surface area (Å²) in [6.07, 6.45) is 3.81. The molecule has 3 unspecified atom stereocenters. The van der Waals surface area contributed by atoms with Crippen molar-refractivity contribution in [3.63, 3.8) is 0 Å². The molecule has 0 aliphatic heterocycles. The molecule has 104 valence electrons. The zero-order valence-electron chi connectivity index (χ0n) is 12.1. The lowest BCUT2D eigenvalue weighted by atomic mass is 9.78. The van der Waals surface area contributed by atoms with Crippen LogP contribution in [-0.2, 0) is 0 Å². The number of Topliss-reactive ketones (excluding diaryl/α,β-unsaturated/α-hetero) is 1. The third-order valence-electron chi connectivity index (χ3n) is 4.49. The molecule has 0 radical (unpaired) electrons. The van der Waals surface area contributed by atoms with Crippen molar-refractivity contribution < 1.29 is 4.79 Å². The maximum atomic E-state index is 11.4. The van der Waals surface area contributed by atoms with E-state index in [-0.39, 0.29) is 5.78 Å². The fourth-order valence-electron chi connectivity index (χ4n) is 2.97. The summed E-state index contributed by atoms with van der Waals surface area (Å²) in [6, 6.07) is 6.16. The Hall–Kier alpha value is -1.51. The molecule has 1 aromatic rings. The van der Waals surface area contributed by atoms with Gasteiger partial charge in [-0.3, -0.25) is 4.79 Å². The third kappa shape index (κ3) is 3.09. The Labute approximate surface area is 115 Å².